The summed E-state index contributed by atoms with van der Waals surface area (Å²) < 4.78 is 25.4. The first-order valence-corrected chi connectivity index (χ1v) is 15.3. The van der Waals surface area contributed by atoms with E-state index < -0.39 is 20.3 Å². The maximum Gasteiger partial charge on any atom is 0.416 e. The highest BCUT2D eigenvalue weighted by Crippen LogP contribution is 2.36. The lowest BCUT2D eigenvalue weighted by atomic mass is 9.92. The lowest BCUT2D eigenvalue weighted by molar-refractivity contribution is -0.133. The van der Waals surface area contributed by atoms with Crippen molar-refractivity contribution in [1.29, 1.82) is 0 Å². The maximum atomic E-state index is 13.9. The first-order valence-electron chi connectivity index (χ1n) is 12.4. The predicted molar refractivity (Wildman–Crippen MR) is 138 cm³/mol. The molecular weight excluding hydrogens is 461 g/mol. The molecule has 0 aliphatic carbocycles. The largest absolute Gasteiger partial charge is 0.447 e. The molecule has 0 radical (unpaired) electrons. The molecule has 0 bridgehead atoms. The Kier molecular flexibility index (Phi) is 8.88. The molecular formula is C28H38FNO4Si. The van der Waals surface area contributed by atoms with Gasteiger partial charge in [0.15, 0.2) is 8.32 Å². The second-order valence-electron chi connectivity index (χ2n) is 10.9. The summed E-state index contributed by atoms with van der Waals surface area (Å²) >= 11 is 0. The molecule has 1 aliphatic rings. The van der Waals surface area contributed by atoms with Crippen molar-refractivity contribution in [3.05, 3.63) is 71.5 Å². The van der Waals surface area contributed by atoms with Gasteiger partial charge in [0.05, 0.1) is 6.04 Å². The third-order valence-electron chi connectivity index (χ3n) is 7.20. The zero-order chi connectivity index (χ0) is 25.6. The van der Waals surface area contributed by atoms with E-state index in [-0.39, 0.29) is 29.4 Å². The number of carbonyl (C=O) groups is 2. The Hall–Kier alpha value is -2.51. The van der Waals surface area contributed by atoms with Crippen molar-refractivity contribution in [2.75, 3.05) is 13.2 Å². The van der Waals surface area contributed by atoms with Gasteiger partial charge in [0.1, 0.15) is 12.4 Å². The standard InChI is InChI=1S/C28H38FNO4Si/c1-28(2,3)35(4,5)34-16-10-14-23(17-22-13-9-15-24(29)18-22)26(31)30-25(20-33-27(30)32)19-21-11-7-6-8-12-21/h6-9,11-13,15,18,23,25H,10,14,16-17,19-20H2,1-5H3/t23-,25+/m0/s1. The fourth-order valence-corrected chi connectivity index (χ4v) is 5.19. The molecule has 2 aromatic carbocycles. The summed E-state index contributed by atoms with van der Waals surface area (Å²) in [6.45, 7) is 11.7. The molecule has 5 nitrogen and oxygen atoms in total. The van der Waals surface area contributed by atoms with Crippen LogP contribution in [-0.2, 0) is 26.8 Å². The summed E-state index contributed by atoms with van der Waals surface area (Å²) in [4.78, 5) is 27.6. The molecule has 0 aromatic heterocycles. The van der Waals surface area contributed by atoms with E-state index in [0.717, 1.165) is 11.1 Å². The van der Waals surface area contributed by atoms with Crippen LogP contribution in [0.25, 0.3) is 0 Å². The fourth-order valence-electron chi connectivity index (χ4n) is 4.10. The topological polar surface area (TPSA) is 55.8 Å². The number of carbonyl (C=O) groups excluding carboxylic acids is 2. The van der Waals surface area contributed by atoms with Crippen LogP contribution in [0.1, 0.15) is 44.7 Å². The average molecular weight is 500 g/mol. The molecule has 0 N–H and O–H groups in total. The zero-order valence-corrected chi connectivity index (χ0v) is 22.6. The van der Waals surface area contributed by atoms with Crippen molar-refractivity contribution in [1.82, 2.24) is 4.90 Å². The molecule has 1 aliphatic heterocycles. The Morgan fingerprint density at radius 3 is 2.49 bits per heavy atom. The van der Waals surface area contributed by atoms with Crippen molar-refractivity contribution in [3.8, 4) is 0 Å². The van der Waals surface area contributed by atoms with Gasteiger partial charge in [0.25, 0.3) is 0 Å². The minimum Gasteiger partial charge on any atom is -0.447 e. The third kappa shape index (κ3) is 7.24. The van der Waals surface area contributed by atoms with Gasteiger partial charge in [-0.3, -0.25) is 4.79 Å². The monoisotopic (exact) mass is 499 g/mol. The minimum atomic E-state index is -1.90. The summed E-state index contributed by atoms with van der Waals surface area (Å²) in [6.07, 6.45) is 1.53. The number of cyclic esters (lactones) is 1. The first-order chi connectivity index (χ1) is 16.5. The number of imide groups is 1. The smallest absolute Gasteiger partial charge is 0.416 e. The van der Waals surface area contributed by atoms with E-state index in [1.807, 2.05) is 36.4 Å². The molecule has 1 fully saturated rings. The Bertz CT molecular complexity index is 1010. The summed E-state index contributed by atoms with van der Waals surface area (Å²) in [6, 6.07) is 15.7. The Balaban J connectivity index is 1.73. The second-order valence-corrected chi connectivity index (χ2v) is 15.7. The molecule has 190 valence electrons. The van der Waals surface area contributed by atoms with Crippen molar-refractivity contribution < 1.29 is 23.1 Å². The van der Waals surface area contributed by atoms with Gasteiger partial charge in [0, 0.05) is 12.5 Å². The molecule has 7 heteroatoms. The van der Waals surface area contributed by atoms with Crippen LogP contribution in [-0.4, -0.2) is 44.5 Å². The molecule has 2 aromatic rings. The number of hydrogen-bond acceptors (Lipinski definition) is 4. The molecule has 2 amide bonds. The number of benzene rings is 2. The molecule has 2 atom stereocenters. The van der Waals surface area contributed by atoms with E-state index in [9.17, 15) is 14.0 Å². The van der Waals surface area contributed by atoms with Gasteiger partial charge in [-0.05, 0) is 67.1 Å². The summed E-state index contributed by atoms with van der Waals surface area (Å²) in [5.41, 5.74) is 1.78. The van der Waals surface area contributed by atoms with Gasteiger partial charge in [-0.15, -0.1) is 0 Å². The SMILES string of the molecule is CC(C)(C)[Si](C)(C)OCCC[C@@H](Cc1cccc(F)c1)C(=O)N1C(=O)OC[C@H]1Cc1ccccc1. The maximum absolute atomic E-state index is 13.9. The molecule has 1 heterocycles. The highest BCUT2D eigenvalue weighted by atomic mass is 28.4. The van der Waals surface area contributed by atoms with Crippen molar-refractivity contribution >= 4 is 20.3 Å². The van der Waals surface area contributed by atoms with Crippen molar-refractivity contribution in [3.63, 3.8) is 0 Å². The van der Waals surface area contributed by atoms with E-state index in [0.29, 0.717) is 32.3 Å². The van der Waals surface area contributed by atoms with E-state index in [2.05, 4.69) is 33.9 Å². The molecule has 3 rings (SSSR count). The lowest BCUT2D eigenvalue weighted by Gasteiger charge is -2.36. The fraction of sp³-hybridized carbons (Fsp3) is 0.500. The Morgan fingerprint density at radius 2 is 1.83 bits per heavy atom. The van der Waals surface area contributed by atoms with E-state index in [1.165, 1.54) is 17.0 Å². The Labute approximate surface area is 209 Å². The molecule has 0 saturated carbocycles. The van der Waals surface area contributed by atoms with Crippen LogP contribution in [0.5, 0.6) is 0 Å². The van der Waals surface area contributed by atoms with Crippen LogP contribution in [0.2, 0.25) is 18.1 Å². The van der Waals surface area contributed by atoms with E-state index in [4.69, 9.17) is 9.16 Å². The molecule has 0 spiro atoms. The zero-order valence-electron chi connectivity index (χ0n) is 21.6. The van der Waals surface area contributed by atoms with Crippen LogP contribution in [0.4, 0.5) is 9.18 Å². The lowest BCUT2D eigenvalue weighted by Crippen LogP contribution is -2.44. The number of rotatable bonds is 10. The van der Waals surface area contributed by atoms with Gasteiger partial charge >= 0.3 is 6.09 Å². The minimum absolute atomic E-state index is 0.105. The molecule has 1 saturated heterocycles. The van der Waals surface area contributed by atoms with Gasteiger partial charge < -0.3 is 9.16 Å². The van der Waals surface area contributed by atoms with Crippen LogP contribution in [0.15, 0.2) is 54.6 Å². The summed E-state index contributed by atoms with van der Waals surface area (Å²) in [7, 11) is -1.90. The van der Waals surface area contributed by atoms with E-state index >= 15 is 0 Å². The summed E-state index contributed by atoms with van der Waals surface area (Å²) in [5.74, 6) is -1.06. The van der Waals surface area contributed by atoms with Crippen LogP contribution in [0, 0.1) is 11.7 Å². The van der Waals surface area contributed by atoms with Gasteiger partial charge in [-0.25, -0.2) is 14.1 Å². The third-order valence-corrected chi connectivity index (χ3v) is 11.7. The second kappa shape index (κ2) is 11.5. The quantitative estimate of drug-likeness (QED) is 0.281. The molecule has 35 heavy (non-hydrogen) atoms. The highest BCUT2D eigenvalue weighted by molar-refractivity contribution is 6.74. The molecule has 0 unspecified atom stereocenters. The normalized spacial score (nSPS) is 17.4. The summed E-state index contributed by atoms with van der Waals surface area (Å²) in [5, 5.41) is 0.105. The first kappa shape index (κ1) is 27.1. The van der Waals surface area contributed by atoms with Crippen LogP contribution in [0.3, 0.4) is 0 Å². The van der Waals surface area contributed by atoms with Crippen molar-refractivity contribution in [2.45, 2.75) is 70.6 Å². The van der Waals surface area contributed by atoms with Gasteiger partial charge in [0.2, 0.25) is 5.91 Å². The average Bonchev–Trinajstić information content (AvgIpc) is 3.15. The van der Waals surface area contributed by atoms with Gasteiger partial charge in [-0.1, -0.05) is 63.2 Å². The van der Waals surface area contributed by atoms with Crippen LogP contribution >= 0.6 is 0 Å². The predicted octanol–water partition coefficient (Wildman–Crippen LogP) is 6.38. The number of hydrogen-bond donors (Lipinski definition) is 0. The van der Waals surface area contributed by atoms with Gasteiger partial charge in [-0.2, -0.15) is 0 Å². The van der Waals surface area contributed by atoms with Crippen LogP contribution < -0.4 is 0 Å². The Morgan fingerprint density at radius 1 is 1.14 bits per heavy atom. The van der Waals surface area contributed by atoms with E-state index in [1.54, 1.807) is 6.07 Å². The highest BCUT2D eigenvalue weighted by Gasteiger charge is 2.41. The number of halogens is 1. The van der Waals surface area contributed by atoms with Crippen molar-refractivity contribution in [2.24, 2.45) is 5.92 Å². The number of nitrogens with zero attached hydrogens (tertiary/aromatic N) is 1. The number of ether oxygens (including phenoxy) is 1. The number of amides is 2.